The highest BCUT2D eigenvalue weighted by molar-refractivity contribution is 9.10. The van der Waals surface area contributed by atoms with Gasteiger partial charge in [-0.3, -0.25) is 0 Å². The van der Waals surface area contributed by atoms with Crippen LogP contribution in [0.2, 0.25) is 5.02 Å². The van der Waals surface area contributed by atoms with Crippen molar-refractivity contribution < 1.29 is 0 Å². The lowest BCUT2D eigenvalue weighted by atomic mass is 10.1. The Bertz CT molecular complexity index is 339. The SMILES string of the molecule is CC(C)CC(C)NCc1ccc(Br)c(Cl)c1. The van der Waals surface area contributed by atoms with Crippen molar-refractivity contribution in [3.63, 3.8) is 0 Å². The summed E-state index contributed by atoms with van der Waals surface area (Å²) in [6.45, 7) is 7.59. The second-order valence-corrected chi connectivity index (χ2v) is 5.92. The number of nitrogens with one attached hydrogen (secondary N) is 1. The molecular weight excluding hydrogens is 286 g/mol. The fourth-order valence-electron chi connectivity index (χ4n) is 1.73. The monoisotopic (exact) mass is 303 g/mol. The average molecular weight is 305 g/mol. The van der Waals surface area contributed by atoms with Crippen LogP contribution in [0, 0.1) is 5.92 Å². The Labute approximate surface area is 112 Å². The topological polar surface area (TPSA) is 12.0 Å². The first-order valence-electron chi connectivity index (χ1n) is 5.66. The maximum atomic E-state index is 6.04. The normalized spacial score (nSPS) is 13.1. The third-order valence-electron chi connectivity index (χ3n) is 2.46. The Morgan fingerprint density at radius 3 is 2.56 bits per heavy atom. The largest absolute Gasteiger partial charge is 0.310 e. The minimum absolute atomic E-state index is 0.544. The molecule has 0 aliphatic heterocycles. The van der Waals surface area contributed by atoms with Gasteiger partial charge in [-0.15, -0.1) is 0 Å². The van der Waals surface area contributed by atoms with E-state index >= 15 is 0 Å². The first-order chi connectivity index (χ1) is 7.49. The second-order valence-electron chi connectivity index (χ2n) is 4.66. The van der Waals surface area contributed by atoms with Crippen molar-refractivity contribution in [3.8, 4) is 0 Å². The van der Waals surface area contributed by atoms with E-state index in [2.05, 4.69) is 48.1 Å². The first kappa shape index (κ1) is 14.0. The molecule has 1 N–H and O–H groups in total. The molecule has 1 unspecified atom stereocenters. The van der Waals surface area contributed by atoms with Crippen molar-refractivity contribution in [2.45, 2.75) is 39.8 Å². The minimum Gasteiger partial charge on any atom is -0.310 e. The molecule has 16 heavy (non-hydrogen) atoms. The van der Waals surface area contributed by atoms with E-state index in [1.54, 1.807) is 0 Å². The lowest BCUT2D eigenvalue weighted by molar-refractivity contribution is 0.441. The molecule has 1 aromatic carbocycles. The molecule has 1 nitrogen and oxygen atoms in total. The molecule has 0 saturated carbocycles. The summed E-state index contributed by atoms with van der Waals surface area (Å²) < 4.78 is 0.952. The summed E-state index contributed by atoms with van der Waals surface area (Å²) in [5.41, 5.74) is 1.23. The van der Waals surface area contributed by atoms with Crippen molar-refractivity contribution in [1.29, 1.82) is 0 Å². The maximum Gasteiger partial charge on any atom is 0.0551 e. The van der Waals surface area contributed by atoms with Crippen molar-refractivity contribution in [3.05, 3.63) is 33.3 Å². The Morgan fingerprint density at radius 1 is 1.31 bits per heavy atom. The third-order valence-corrected chi connectivity index (χ3v) is 3.70. The van der Waals surface area contributed by atoms with E-state index in [9.17, 15) is 0 Å². The molecule has 1 rings (SSSR count). The number of rotatable bonds is 5. The second kappa shape index (κ2) is 6.63. The predicted molar refractivity (Wildman–Crippen MR) is 74.9 cm³/mol. The van der Waals surface area contributed by atoms with E-state index in [-0.39, 0.29) is 0 Å². The molecule has 0 aliphatic carbocycles. The number of halogens is 2. The van der Waals surface area contributed by atoms with Crippen LogP contribution in [-0.4, -0.2) is 6.04 Å². The van der Waals surface area contributed by atoms with Crippen LogP contribution in [0.4, 0.5) is 0 Å². The summed E-state index contributed by atoms with van der Waals surface area (Å²) in [4.78, 5) is 0. The standard InChI is InChI=1S/C13H19BrClN/c1-9(2)6-10(3)16-8-11-4-5-12(14)13(15)7-11/h4-5,7,9-10,16H,6,8H2,1-3H3. The van der Waals surface area contributed by atoms with E-state index < -0.39 is 0 Å². The van der Waals surface area contributed by atoms with Crippen molar-refractivity contribution in [2.75, 3.05) is 0 Å². The van der Waals surface area contributed by atoms with E-state index in [0.717, 1.165) is 22.0 Å². The minimum atomic E-state index is 0.544. The molecule has 1 aromatic rings. The van der Waals surface area contributed by atoms with Crippen molar-refractivity contribution in [1.82, 2.24) is 5.32 Å². The zero-order chi connectivity index (χ0) is 12.1. The smallest absolute Gasteiger partial charge is 0.0551 e. The summed E-state index contributed by atoms with van der Waals surface area (Å²) in [5, 5.41) is 4.28. The van der Waals surface area contributed by atoms with Crippen LogP contribution in [0.3, 0.4) is 0 Å². The average Bonchev–Trinajstić information content (AvgIpc) is 2.19. The molecule has 0 radical (unpaired) electrons. The van der Waals surface area contributed by atoms with Gasteiger partial charge in [-0.05, 0) is 52.9 Å². The molecule has 0 saturated heterocycles. The van der Waals surface area contributed by atoms with Crippen LogP contribution >= 0.6 is 27.5 Å². The van der Waals surface area contributed by atoms with Gasteiger partial charge in [0.25, 0.3) is 0 Å². The molecule has 0 fully saturated rings. The van der Waals surface area contributed by atoms with Gasteiger partial charge in [-0.1, -0.05) is 31.5 Å². The van der Waals surface area contributed by atoms with E-state index in [4.69, 9.17) is 11.6 Å². The van der Waals surface area contributed by atoms with Gasteiger partial charge in [-0.2, -0.15) is 0 Å². The van der Waals surface area contributed by atoms with Gasteiger partial charge in [-0.25, -0.2) is 0 Å². The Morgan fingerprint density at radius 2 is 2.00 bits per heavy atom. The van der Waals surface area contributed by atoms with E-state index in [0.29, 0.717) is 6.04 Å². The van der Waals surface area contributed by atoms with Gasteiger partial charge in [0.2, 0.25) is 0 Å². The molecule has 0 aromatic heterocycles. The fraction of sp³-hybridized carbons (Fsp3) is 0.538. The molecule has 0 heterocycles. The van der Waals surface area contributed by atoms with Gasteiger partial charge in [0.1, 0.15) is 0 Å². The van der Waals surface area contributed by atoms with Gasteiger partial charge < -0.3 is 5.32 Å². The Kier molecular flexibility index (Phi) is 5.81. The molecule has 0 bridgehead atoms. The highest BCUT2D eigenvalue weighted by atomic mass is 79.9. The summed E-state index contributed by atoms with van der Waals surface area (Å²) in [6.07, 6.45) is 1.20. The van der Waals surface area contributed by atoms with E-state index in [1.165, 1.54) is 12.0 Å². The van der Waals surface area contributed by atoms with Crippen molar-refractivity contribution in [2.24, 2.45) is 5.92 Å². The molecule has 0 amide bonds. The van der Waals surface area contributed by atoms with E-state index in [1.807, 2.05) is 12.1 Å². The lowest BCUT2D eigenvalue weighted by Gasteiger charge is -2.16. The highest BCUT2D eigenvalue weighted by Crippen LogP contribution is 2.23. The van der Waals surface area contributed by atoms with Crippen molar-refractivity contribution >= 4 is 27.5 Å². The summed E-state index contributed by atoms with van der Waals surface area (Å²) in [7, 11) is 0. The van der Waals surface area contributed by atoms with Crippen LogP contribution in [0.5, 0.6) is 0 Å². The molecule has 90 valence electrons. The Balaban J connectivity index is 2.45. The fourth-order valence-corrected chi connectivity index (χ4v) is 2.18. The number of hydrogen-bond acceptors (Lipinski definition) is 1. The van der Waals surface area contributed by atoms with Crippen LogP contribution in [0.1, 0.15) is 32.8 Å². The molecule has 0 aliphatic rings. The van der Waals surface area contributed by atoms with Gasteiger partial charge in [0.05, 0.1) is 5.02 Å². The maximum absolute atomic E-state index is 6.04. The van der Waals surface area contributed by atoms with Gasteiger partial charge >= 0.3 is 0 Å². The first-order valence-corrected chi connectivity index (χ1v) is 6.83. The zero-order valence-corrected chi connectivity index (χ0v) is 12.4. The lowest BCUT2D eigenvalue weighted by Crippen LogP contribution is -2.26. The summed E-state index contributed by atoms with van der Waals surface area (Å²) in [6, 6.07) is 6.63. The van der Waals surface area contributed by atoms with Gasteiger partial charge in [0.15, 0.2) is 0 Å². The molecule has 1 atom stereocenters. The summed E-state index contributed by atoms with van der Waals surface area (Å²) >= 11 is 9.43. The predicted octanol–water partition coefficient (Wildman–Crippen LogP) is 4.63. The van der Waals surface area contributed by atoms with Crippen LogP contribution in [0.25, 0.3) is 0 Å². The molecule has 3 heteroatoms. The van der Waals surface area contributed by atoms with Crippen LogP contribution in [-0.2, 0) is 6.54 Å². The van der Waals surface area contributed by atoms with Crippen LogP contribution in [0.15, 0.2) is 22.7 Å². The number of hydrogen-bond donors (Lipinski definition) is 1. The highest BCUT2D eigenvalue weighted by Gasteiger charge is 2.05. The quantitative estimate of drug-likeness (QED) is 0.836. The molecular formula is C13H19BrClN. The third kappa shape index (κ3) is 4.86. The van der Waals surface area contributed by atoms with Crippen LogP contribution < -0.4 is 5.32 Å². The summed E-state index contributed by atoms with van der Waals surface area (Å²) in [5.74, 6) is 0.732. The Hall–Kier alpha value is -0.0500. The molecule has 0 spiro atoms. The zero-order valence-electron chi connectivity index (χ0n) is 10.1. The number of benzene rings is 1. The van der Waals surface area contributed by atoms with Gasteiger partial charge in [0, 0.05) is 17.1 Å².